The highest BCUT2D eigenvalue weighted by Crippen LogP contribution is 2.30. The molecule has 25 heavy (non-hydrogen) atoms. The van der Waals surface area contributed by atoms with Gasteiger partial charge >= 0.3 is 0 Å². The van der Waals surface area contributed by atoms with E-state index in [9.17, 15) is 13.2 Å². The molecule has 1 heterocycles. The molecule has 0 unspecified atom stereocenters. The van der Waals surface area contributed by atoms with Crippen molar-refractivity contribution in [3.8, 4) is 5.75 Å². The second kappa shape index (κ2) is 8.56. The van der Waals surface area contributed by atoms with Gasteiger partial charge in [-0.1, -0.05) is 12.1 Å². The van der Waals surface area contributed by atoms with Crippen molar-refractivity contribution < 1.29 is 17.9 Å². The molecule has 6 nitrogen and oxygen atoms in total. The van der Waals surface area contributed by atoms with Crippen molar-refractivity contribution in [1.29, 1.82) is 0 Å². The first-order valence-corrected chi connectivity index (χ1v) is 10.6. The van der Waals surface area contributed by atoms with Gasteiger partial charge in [0.15, 0.2) is 0 Å². The summed E-state index contributed by atoms with van der Waals surface area (Å²) in [6, 6.07) is 7.04. The van der Waals surface area contributed by atoms with Crippen molar-refractivity contribution in [2.75, 3.05) is 30.2 Å². The Kier molecular flexibility index (Phi) is 6.70. The van der Waals surface area contributed by atoms with Crippen LogP contribution in [0.5, 0.6) is 5.75 Å². The van der Waals surface area contributed by atoms with E-state index in [0.717, 1.165) is 38.6 Å². The molecule has 1 aliphatic heterocycles. The molecule has 1 amide bonds. The number of carbonyl (C=O) groups excluding carboxylic acids is 1. The van der Waals surface area contributed by atoms with Gasteiger partial charge < -0.3 is 9.64 Å². The predicted octanol–water partition coefficient (Wildman–Crippen LogP) is 2.64. The van der Waals surface area contributed by atoms with Gasteiger partial charge in [-0.05, 0) is 45.2 Å². The van der Waals surface area contributed by atoms with Crippen molar-refractivity contribution in [2.45, 2.75) is 45.6 Å². The van der Waals surface area contributed by atoms with Crippen LogP contribution in [0, 0.1) is 0 Å². The molecule has 1 aromatic carbocycles. The van der Waals surface area contributed by atoms with E-state index in [1.165, 1.54) is 4.31 Å². The van der Waals surface area contributed by atoms with Gasteiger partial charge in [-0.25, -0.2) is 8.42 Å². The van der Waals surface area contributed by atoms with Gasteiger partial charge in [0.25, 0.3) is 0 Å². The fourth-order valence-corrected chi connectivity index (χ4v) is 3.91. The third-order valence-electron chi connectivity index (χ3n) is 4.13. The highest BCUT2D eigenvalue weighted by Gasteiger charge is 2.24. The van der Waals surface area contributed by atoms with Crippen LogP contribution in [0.25, 0.3) is 0 Å². The lowest BCUT2D eigenvalue weighted by Gasteiger charge is -2.29. The fourth-order valence-electron chi connectivity index (χ4n) is 2.98. The van der Waals surface area contributed by atoms with Crippen LogP contribution in [-0.2, 0) is 14.8 Å². The molecule has 0 spiro atoms. The summed E-state index contributed by atoms with van der Waals surface area (Å²) in [6.45, 7) is 5.44. The highest BCUT2D eigenvalue weighted by atomic mass is 32.2. The molecule has 1 aromatic rings. The lowest BCUT2D eigenvalue weighted by molar-refractivity contribution is -0.131. The largest absolute Gasteiger partial charge is 0.489 e. The number of benzene rings is 1. The first-order chi connectivity index (χ1) is 11.8. The molecule has 0 saturated carbocycles. The number of likely N-dealkylation sites (tertiary alicyclic amines) is 1. The average Bonchev–Trinajstić information content (AvgIpc) is 2.55. The van der Waals surface area contributed by atoms with E-state index in [1.54, 1.807) is 24.3 Å². The van der Waals surface area contributed by atoms with Crippen LogP contribution in [0.15, 0.2) is 24.3 Å². The molecule has 2 rings (SSSR count). The number of carbonyl (C=O) groups is 1. The van der Waals surface area contributed by atoms with Crippen LogP contribution < -0.4 is 9.04 Å². The fraction of sp³-hybridized carbons (Fsp3) is 0.611. The summed E-state index contributed by atoms with van der Waals surface area (Å²) in [6.07, 6.45) is 4.45. The molecule has 1 saturated heterocycles. The minimum atomic E-state index is -3.52. The number of piperidine rings is 1. The average molecular weight is 368 g/mol. The highest BCUT2D eigenvalue weighted by molar-refractivity contribution is 7.92. The van der Waals surface area contributed by atoms with Gasteiger partial charge in [-0.3, -0.25) is 9.10 Å². The zero-order valence-electron chi connectivity index (χ0n) is 15.3. The predicted molar refractivity (Wildman–Crippen MR) is 99.4 cm³/mol. The normalized spacial score (nSPS) is 15.3. The van der Waals surface area contributed by atoms with E-state index in [1.807, 2.05) is 18.7 Å². The van der Waals surface area contributed by atoms with Crippen molar-refractivity contribution in [3.63, 3.8) is 0 Å². The van der Waals surface area contributed by atoms with Crippen LogP contribution in [0.3, 0.4) is 0 Å². The summed E-state index contributed by atoms with van der Waals surface area (Å²) in [7, 11) is -3.52. The Labute approximate surface area is 150 Å². The molecule has 0 aliphatic carbocycles. The first-order valence-electron chi connectivity index (χ1n) is 8.80. The molecular formula is C18H28N2O4S. The number of sulfonamides is 1. The zero-order valence-corrected chi connectivity index (χ0v) is 16.1. The SMILES string of the molecule is CC(C)Oc1ccccc1N(CCC(=O)N1CCCCC1)S(C)(=O)=O. The minimum absolute atomic E-state index is 0.00982. The van der Waals surface area contributed by atoms with E-state index in [0.29, 0.717) is 11.4 Å². The Bertz CT molecular complexity index is 682. The molecule has 1 aliphatic rings. The summed E-state index contributed by atoms with van der Waals surface area (Å²) < 4.78 is 31.6. The van der Waals surface area contributed by atoms with E-state index in [-0.39, 0.29) is 25.0 Å². The summed E-state index contributed by atoms with van der Waals surface area (Å²) in [5.74, 6) is 0.518. The standard InChI is InChI=1S/C18H28N2O4S/c1-15(2)24-17-10-6-5-9-16(17)20(25(3,22)23)14-11-18(21)19-12-7-4-8-13-19/h5-6,9-10,15H,4,7-8,11-14H2,1-3H3. The Morgan fingerprint density at radius 3 is 2.44 bits per heavy atom. The molecule has 0 aromatic heterocycles. The number of hydrogen-bond acceptors (Lipinski definition) is 4. The van der Waals surface area contributed by atoms with Crippen LogP contribution >= 0.6 is 0 Å². The third-order valence-corrected chi connectivity index (χ3v) is 5.31. The maximum absolute atomic E-state index is 12.4. The van der Waals surface area contributed by atoms with Gasteiger partial charge in [0, 0.05) is 26.1 Å². The number of nitrogens with zero attached hydrogens (tertiary/aromatic N) is 2. The number of anilines is 1. The lowest BCUT2D eigenvalue weighted by Crippen LogP contribution is -2.39. The number of para-hydroxylation sites is 2. The van der Waals surface area contributed by atoms with Crippen LogP contribution in [0.4, 0.5) is 5.69 Å². The van der Waals surface area contributed by atoms with Crippen LogP contribution in [0.2, 0.25) is 0 Å². The Morgan fingerprint density at radius 1 is 1.20 bits per heavy atom. The van der Waals surface area contributed by atoms with Crippen molar-refractivity contribution in [2.24, 2.45) is 0 Å². The van der Waals surface area contributed by atoms with E-state index in [2.05, 4.69) is 0 Å². The zero-order chi connectivity index (χ0) is 18.4. The van der Waals surface area contributed by atoms with Crippen molar-refractivity contribution in [3.05, 3.63) is 24.3 Å². The van der Waals surface area contributed by atoms with Crippen molar-refractivity contribution in [1.82, 2.24) is 4.90 Å². The van der Waals surface area contributed by atoms with Gasteiger partial charge in [-0.2, -0.15) is 0 Å². The number of amides is 1. The number of hydrogen-bond donors (Lipinski definition) is 0. The number of rotatable bonds is 7. The monoisotopic (exact) mass is 368 g/mol. The molecule has 0 N–H and O–H groups in total. The summed E-state index contributed by atoms with van der Waals surface area (Å²) in [4.78, 5) is 14.2. The van der Waals surface area contributed by atoms with Gasteiger partial charge in [0.1, 0.15) is 5.75 Å². The molecule has 0 atom stereocenters. The molecule has 7 heteroatoms. The van der Waals surface area contributed by atoms with Gasteiger partial charge in [0.2, 0.25) is 15.9 Å². The topological polar surface area (TPSA) is 66.9 Å². The van der Waals surface area contributed by atoms with E-state index >= 15 is 0 Å². The molecular weight excluding hydrogens is 340 g/mol. The third kappa shape index (κ3) is 5.63. The summed E-state index contributed by atoms with van der Waals surface area (Å²) in [5.41, 5.74) is 0.477. The summed E-state index contributed by atoms with van der Waals surface area (Å²) >= 11 is 0. The molecule has 1 fully saturated rings. The van der Waals surface area contributed by atoms with Crippen LogP contribution in [0.1, 0.15) is 39.5 Å². The minimum Gasteiger partial charge on any atom is -0.489 e. The second-order valence-electron chi connectivity index (χ2n) is 6.66. The molecule has 0 bridgehead atoms. The Balaban J connectivity index is 2.16. The van der Waals surface area contributed by atoms with E-state index < -0.39 is 10.0 Å². The van der Waals surface area contributed by atoms with Gasteiger partial charge in [-0.15, -0.1) is 0 Å². The van der Waals surface area contributed by atoms with Crippen LogP contribution in [-0.4, -0.2) is 51.2 Å². The van der Waals surface area contributed by atoms with Crippen molar-refractivity contribution >= 4 is 21.6 Å². The maximum atomic E-state index is 12.4. The molecule has 140 valence electrons. The Morgan fingerprint density at radius 2 is 1.84 bits per heavy atom. The van der Waals surface area contributed by atoms with E-state index in [4.69, 9.17) is 4.74 Å². The lowest BCUT2D eigenvalue weighted by atomic mass is 10.1. The smallest absolute Gasteiger partial charge is 0.232 e. The summed E-state index contributed by atoms with van der Waals surface area (Å²) in [5, 5.41) is 0. The maximum Gasteiger partial charge on any atom is 0.232 e. The molecule has 0 radical (unpaired) electrons. The number of ether oxygens (including phenoxy) is 1. The first kappa shape index (κ1) is 19.6. The van der Waals surface area contributed by atoms with Gasteiger partial charge in [0.05, 0.1) is 18.0 Å². The second-order valence-corrected chi connectivity index (χ2v) is 8.57. The Hall–Kier alpha value is -1.76. The quantitative estimate of drug-likeness (QED) is 0.742.